The second-order valence-electron chi connectivity index (χ2n) is 4.20. The van der Waals surface area contributed by atoms with Gasteiger partial charge in [-0.3, -0.25) is 9.67 Å². The first-order chi connectivity index (χ1) is 8.20. The van der Waals surface area contributed by atoms with Crippen LogP contribution in [0.25, 0.3) is 0 Å². The number of nitrogens with zero attached hydrogens (tertiary/aromatic N) is 3. The molecule has 90 valence electrons. The van der Waals surface area contributed by atoms with Gasteiger partial charge >= 0.3 is 0 Å². The summed E-state index contributed by atoms with van der Waals surface area (Å²) >= 11 is 0. The third-order valence-electron chi connectivity index (χ3n) is 2.98. The molecule has 17 heavy (non-hydrogen) atoms. The van der Waals surface area contributed by atoms with Gasteiger partial charge in [-0.05, 0) is 32.2 Å². The van der Waals surface area contributed by atoms with Gasteiger partial charge in [0.1, 0.15) is 0 Å². The van der Waals surface area contributed by atoms with Crippen LogP contribution in [0.15, 0.2) is 30.5 Å². The van der Waals surface area contributed by atoms with Crippen LogP contribution in [-0.2, 0) is 13.5 Å². The van der Waals surface area contributed by atoms with Crippen molar-refractivity contribution in [1.82, 2.24) is 20.1 Å². The van der Waals surface area contributed by atoms with E-state index in [2.05, 4.69) is 28.4 Å². The molecule has 2 aromatic heterocycles. The van der Waals surface area contributed by atoms with Gasteiger partial charge in [-0.2, -0.15) is 5.10 Å². The highest BCUT2D eigenvalue weighted by Crippen LogP contribution is 2.16. The molecule has 1 unspecified atom stereocenters. The molecule has 0 spiro atoms. The van der Waals surface area contributed by atoms with Gasteiger partial charge in [-0.1, -0.05) is 6.07 Å². The Labute approximate surface area is 102 Å². The zero-order valence-electron chi connectivity index (χ0n) is 10.5. The number of hydrogen-bond donors (Lipinski definition) is 1. The molecule has 1 atom stereocenters. The van der Waals surface area contributed by atoms with Crippen molar-refractivity contribution in [3.63, 3.8) is 0 Å². The van der Waals surface area contributed by atoms with Crippen molar-refractivity contribution in [3.05, 3.63) is 47.5 Å². The molecule has 2 aromatic rings. The molecule has 0 bridgehead atoms. The number of rotatable bonds is 4. The van der Waals surface area contributed by atoms with Crippen molar-refractivity contribution in [2.45, 2.75) is 19.4 Å². The molecular weight excluding hydrogens is 212 g/mol. The number of likely N-dealkylation sites (N-methyl/N-ethyl adjacent to an activating group) is 1. The van der Waals surface area contributed by atoms with Gasteiger partial charge in [0.15, 0.2) is 0 Å². The molecule has 4 nitrogen and oxygen atoms in total. The zero-order chi connectivity index (χ0) is 12.3. The molecule has 0 saturated heterocycles. The fraction of sp³-hybridized carbons (Fsp3) is 0.385. The van der Waals surface area contributed by atoms with Gasteiger partial charge in [-0.25, -0.2) is 0 Å². The number of nitrogens with one attached hydrogen (secondary N) is 1. The average molecular weight is 230 g/mol. The first-order valence-electron chi connectivity index (χ1n) is 5.78. The van der Waals surface area contributed by atoms with Crippen LogP contribution in [0.3, 0.4) is 0 Å². The summed E-state index contributed by atoms with van der Waals surface area (Å²) in [6.45, 7) is 2.06. The molecule has 0 aromatic carbocycles. The van der Waals surface area contributed by atoms with Crippen molar-refractivity contribution in [2.24, 2.45) is 7.05 Å². The van der Waals surface area contributed by atoms with Crippen LogP contribution in [0.4, 0.5) is 0 Å². The lowest BCUT2D eigenvalue weighted by molar-refractivity contribution is 0.556. The summed E-state index contributed by atoms with van der Waals surface area (Å²) in [5.41, 5.74) is 3.31. The Morgan fingerprint density at radius 1 is 1.41 bits per heavy atom. The molecule has 0 aliphatic carbocycles. The third kappa shape index (κ3) is 2.71. The standard InChI is InChI=1S/C13H18N4/c1-10-8-13(16-17(10)3)12(14-2)9-11-6-4-5-7-15-11/h4-8,12,14H,9H2,1-3H3. The van der Waals surface area contributed by atoms with Crippen LogP contribution < -0.4 is 5.32 Å². The largest absolute Gasteiger partial charge is 0.311 e. The lowest BCUT2D eigenvalue weighted by Crippen LogP contribution is -2.20. The van der Waals surface area contributed by atoms with Crippen molar-refractivity contribution in [2.75, 3.05) is 7.05 Å². The maximum absolute atomic E-state index is 4.50. The molecule has 1 N–H and O–H groups in total. The third-order valence-corrected chi connectivity index (χ3v) is 2.98. The van der Waals surface area contributed by atoms with Crippen molar-refractivity contribution < 1.29 is 0 Å². The number of aromatic nitrogens is 3. The highest BCUT2D eigenvalue weighted by molar-refractivity contribution is 5.16. The summed E-state index contributed by atoms with van der Waals surface area (Å²) in [6, 6.07) is 8.32. The molecule has 0 aliphatic rings. The Bertz CT molecular complexity index is 456. The summed E-state index contributed by atoms with van der Waals surface area (Å²) in [5.74, 6) is 0. The smallest absolute Gasteiger partial charge is 0.0800 e. The molecule has 2 rings (SSSR count). The number of aryl methyl sites for hydroxylation is 2. The Morgan fingerprint density at radius 3 is 2.76 bits per heavy atom. The lowest BCUT2D eigenvalue weighted by Gasteiger charge is -2.12. The van der Waals surface area contributed by atoms with Crippen LogP contribution >= 0.6 is 0 Å². The first-order valence-corrected chi connectivity index (χ1v) is 5.78. The fourth-order valence-electron chi connectivity index (χ4n) is 1.84. The molecule has 0 radical (unpaired) electrons. The van der Waals surface area contributed by atoms with E-state index in [-0.39, 0.29) is 6.04 Å². The summed E-state index contributed by atoms with van der Waals surface area (Å²) in [7, 11) is 3.92. The Hall–Kier alpha value is -1.68. The van der Waals surface area contributed by atoms with E-state index in [0.717, 1.165) is 17.8 Å². The quantitative estimate of drug-likeness (QED) is 0.868. The van der Waals surface area contributed by atoms with Crippen molar-refractivity contribution in [1.29, 1.82) is 0 Å². The van der Waals surface area contributed by atoms with E-state index in [9.17, 15) is 0 Å². The average Bonchev–Trinajstić information content (AvgIpc) is 2.68. The SMILES string of the molecule is CNC(Cc1ccccn1)c1cc(C)n(C)n1. The van der Waals surface area contributed by atoms with Gasteiger partial charge in [0.05, 0.1) is 11.7 Å². The molecule has 0 fully saturated rings. The highest BCUT2D eigenvalue weighted by Gasteiger charge is 2.14. The molecular formula is C13H18N4. The van der Waals surface area contributed by atoms with Gasteiger partial charge in [0.2, 0.25) is 0 Å². The van der Waals surface area contributed by atoms with E-state index in [4.69, 9.17) is 0 Å². The highest BCUT2D eigenvalue weighted by atomic mass is 15.3. The maximum atomic E-state index is 4.50. The van der Waals surface area contributed by atoms with Gasteiger partial charge in [0.25, 0.3) is 0 Å². The molecule has 0 saturated carbocycles. The molecule has 0 aliphatic heterocycles. The summed E-state index contributed by atoms with van der Waals surface area (Å²) < 4.78 is 1.90. The minimum atomic E-state index is 0.213. The predicted molar refractivity (Wildman–Crippen MR) is 67.7 cm³/mol. The van der Waals surface area contributed by atoms with E-state index in [0.29, 0.717) is 0 Å². The van der Waals surface area contributed by atoms with Crippen molar-refractivity contribution >= 4 is 0 Å². The Balaban J connectivity index is 2.17. The maximum Gasteiger partial charge on any atom is 0.0800 e. The van der Waals surface area contributed by atoms with Gasteiger partial charge in [-0.15, -0.1) is 0 Å². The minimum Gasteiger partial charge on any atom is -0.311 e. The van der Waals surface area contributed by atoms with Crippen LogP contribution in [0.5, 0.6) is 0 Å². The zero-order valence-corrected chi connectivity index (χ0v) is 10.5. The van der Waals surface area contributed by atoms with Crippen LogP contribution in [0.2, 0.25) is 0 Å². The topological polar surface area (TPSA) is 42.7 Å². The normalized spacial score (nSPS) is 12.6. The van der Waals surface area contributed by atoms with Crippen LogP contribution in [0, 0.1) is 6.92 Å². The molecule has 0 amide bonds. The Kier molecular flexibility index (Phi) is 3.54. The Morgan fingerprint density at radius 2 is 2.24 bits per heavy atom. The minimum absolute atomic E-state index is 0.213. The van der Waals surface area contributed by atoms with Gasteiger partial charge < -0.3 is 5.32 Å². The monoisotopic (exact) mass is 230 g/mol. The second kappa shape index (κ2) is 5.10. The summed E-state index contributed by atoms with van der Waals surface area (Å²) in [5, 5.41) is 7.80. The van der Waals surface area contributed by atoms with Crippen molar-refractivity contribution in [3.8, 4) is 0 Å². The van der Waals surface area contributed by atoms with E-state index >= 15 is 0 Å². The van der Waals surface area contributed by atoms with E-state index in [1.165, 1.54) is 5.69 Å². The van der Waals surface area contributed by atoms with Gasteiger partial charge in [0, 0.05) is 31.1 Å². The van der Waals surface area contributed by atoms with E-state index in [1.54, 1.807) is 0 Å². The number of hydrogen-bond acceptors (Lipinski definition) is 3. The predicted octanol–water partition coefficient (Wildman–Crippen LogP) is 1.63. The van der Waals surface area contributed by atoms with Crippen LogP contribution in [0.1, 0.15) is 23.1 Å². The lowest BCUT2D eigenvalue weighted by atomic mass is 10.1. The molecule has 2 heterocycles. The summed E-state index contributed by atoms with van der Waals surface area (Å²) in [6.07, 6.45) is 2.68. The number of pyridine rings is 1. The van der Waals surface area contributed by atoms with Crippen LogP contribution in [-0.4, -0.2) is 21.8 Å². The summed E-state index contributed by atoms with van der Waals surface area (Å²) in [4.78, 5) is 4.35. The van der Waals surface area contributed by atoms with E-state index in [1.807, 2.05) is 43.2 Å². The second-order valence-corrected chi connectivity index (χ2v) is 4.20. The molecule has 4 heteroatoms. The van der Waals surface area contributed by atoms with E-state index < -0.39 is 0 Å². The fourth-order valence-corrected chi connectivity index (χ4v) is 1.84. The first kappa shape index (κ1) is 11.8.